The van der Waals surface area contributed by atoms with Crippen LogP contribution in [0.5, 0.6) is 0 Å². The molecule has 144 valence electrons. The van der Waals surface area contributed by atoms with Crippen LogP contribution in [0, 0.1) is 0 Å². The highest BCUT2D eigenvalue weighted by Crippen LogP contribution is 2.24. The molecule has 1 fully saturated rings. The lowest BCUT2D eigenvalue weighted by atomic mass is 10.2. The molecule has 3 rings (SSSR count). The highest BCUT2D eigenvalue weighted by Gasteiger charge is 2.41. The molecule has 0 radical (unpaired) electrons. The molecule has 0 bridgehead atoms. The molecule has 0 saturated carbocycles. The highest BCUT2D eigenvalue weighted by atomic mass is 35.5. The molecular formula is C16H17ClN4O4S2. The molecule has 1 N–H and O–H groups in total. The molecule has 0 unspecified atom stereocenters. The van der Waals surface area contributed by atoms with Crippen LogP contribution in [-0.2, 0) is 19.6 Å². The molecule has 27 heavy (non-hydrogen) atoms. The first kappa shape index (κ1) is 19.7. The Morgan fingerprint density at radius 3 is 2.74 bits per heavy atom. The SMILES string of the molecule is O=C(Nc1ccccn1)[C@H]1CN(C(=O)CCl)CCN1S(=O)(=O)c1ccsc1. The summed E-state index contributed by atoms with van der Waals surface area (Å²) >= 11 is 6.87. The predicted octanol–water partition coefficient (Wildman–Crippen LogP) is 1.22. The zero-order valence-electron chi connectivity index (χ0n) is 14.1. The summed E-state index contributed by atoms with van der Waals surface area (Å²) in [7, 11) is -3.87. The van der Waals surface area contributed by atoms with Crippen molar-refractivity contribution in [1.82, 2.24) is 14.2 Å². The number of nitrogens with zero attached hydrogens (tertiary/aromatic N) is 3. The number of thiophene rings is 1. The molecule has 0 aliphatic carbocycles. The van der Waals surface area contributed by atoms with Gasteiger partial charge in [0.15, 0.2) is 0 Å². The number of halogens is 1. The molecule has 11 heteroatoms. The van der Waals surface area contributed by atoms with Crippen LogP contribution < -0.4 is 5.32 Å². The van der Waals surface area contributed by atoms with E-state index in [4.69, 9.17) is 11.6 Å². The first-order chi connectivity index (χ1) is 12.9. The van der Waals surface area contributed by atoms with Crippen LogP contribution in [0.1, 0.15) is 0 Å². The van der Waals surface area contributed by atoms with Crippen molar-refractivity contribution in [3.8, 4) is 0 Å². The lowest BCUT2D eigenvalue weighted by Crippen LogP contribution is -2.60. The minimum atomic E-state index is -3.87. The van der Waals surface area contributed by atoms with E-state index >= 15 is 0 Å². The number of carbonyl (C=O) groups excluding carboxylic acids is 2. The quantitative estimate of drug-likeness (QED) is 0.722. The van der Waals surface area contributed by atoms with Gasteiger partial charge in [0.05, 0.1) is 4.90 Å². The second kappa shape index (κ2) is 8.34. The zero-order valence-corrected chi connectivity index (χ0v) is 16.5. The third-order valence-electron chi connectivity index (χ3n) is 4.12. The van der Waals surface area contributed by atoms with E-state index in [-0.39, 0.29) is 36.3 Å². The van der Waals surface area contributed by atoms with Crippen molar-refractivity contribution < 1.29 is 18.0 Å². The third kappa shape index (κ3) is 4.29. The Hall–Kier alpha value is -2.01. The molecule has 2 aromatic rings. The van der Waals surface area contributed by atoms with E-state index in [1.165, 1.54) is 33.9 Å². The molecule has 2 amide bonds. The van der Waals surface area contributed by atoms with E-state index in [2.05, 4.69) is 10.3 Å². The maximum absolute atomic E-state index is 13.0. The van der Waals surface area contributed by atoms with Crippen molar-refractivity contribution in [2.45, 2.75) is 10.9 Å². The van der Waals surface area contributed by atoms with Crippen LogP contribution in [0.3, 0.4) is 0 Å². The van der Waals surface area contributed by atoms with E-state index < -0.39 is 22.0 Å². The summed E-state index contributed by atoms with van der Waals surface area (Å²) in [5.74, 6) is -0.832. The number of alkyl halides is 1. The number of hydrogen-bond acceptors (Lipinski definition) is 6. The van der Waals surface area contributed by atoms with Crippen LogP contribution in [0.25, 0.3) is 0 Å². The summed E-state index contributed by atoms with van der Waals surface area (Å²) in [6.07, 6.45) is 1.51. The maximum atomic E-state index is 13.0. The Labute approximate surface area is 165 Å². The van der Waals surface area contributed by atoms with E-state index in [0.717, 1.165) is 4.31 Å². The maximum Gasteiger partial charge on any atom is 0.245 e. The lowest BCUT2D eigenvalue weighted by Gasteiger charge is -2.39. The number of amides is 2. The van der Waals surface area contributed by atoms with Crippen molar-refractivity contribution in [3.05, 3.63) is 41.2 Å². The Morgan fingerprint density at radius 1 is 1.30 bits per heavy atom. The molecule has 3 heterocycles. The molecule has 0 spiro atoms. The molecule has 1 aliphatic rings. The number of piperazine rings is 1. The van der Waals surface area contributed by atoms with Crippen molar-refractivity contribution in [1.29, 1.82) is 0 Å². The summed E-state index contributed by atoms with van der Waals surface area (Å²) in [6, 6.07) is 5.40. The summed E-state index contributed by atoms with van der Waals surface area (Å²) in [5, 5.41) is 5.78. The highest BCUT2D eigenvalue weighted by molar-refractivity contribution is 7.89. The van der Waals surface area contributed by atoms with Gasteiger partial charge in [0.1, 0.15) is 17.7 Å². The number of nitrogens with one attached hydrogen (secondary N) is 1. The van der Waals surface area contributed by atoms with Crippen LogP contribution in [0.15, 0.2) is 46.1 Å². The molecule has 1 atom stereocenters. The van der Waals surface area contributed by atoms with Gasteiger partial charge in [-0.3, -0.25) is 9.59 Å². The van der Waals surface area contributed by atoms with Crippen molar-refractivity contribution in [3.63, 3.8) is 0 Å². The van der Waals surface area contributed by atoms with E-state index in [0.29, 0.717) is 5.82 Å². The number of aromatic nitrogens is 1. The Morgan fingerprint density at radius 2 is 2.11 bits per heavy atom. The average molecular weight is 429 g/mol. The van der Waals surface area contributed by atoms with Gasteiger partial charge in [-0.2, -0.15) is 15.6 Å². The normalized spacial score (nSPS) is 18.3. The number of rotatable bonds is 5. The summed E-state index contributed by atoms with van der Waals surface area (Å²) in [4.78, 5) is 30.3. The van der Waals surface area contributed by atoms with Crippen molar-refractivity contribution in [2.75, 3.05) is 30.8 Å². The molecule has 1 saturated heterocycles. The Kier molecular flexibility index (Phi) is 6.10. The largest absolute Gasteiger partial charge is 0.338 e. The second-order valence-electron chi connectivity index (χ2n) is 5.77. The standard InChI is InChI=1S/C16H17ClN4O4S2/c17-9-15(22)20-6-7-21(27(24,25)12-4-8-26-11-12)13(10-20)16(23)19-14-3-1-2-5-18-14/h1-5,8,11,13H,6-7,9-10H2,(H,18,19,23)/t13-/m1/s1. The van der Waals surface area contributed by atoms with Gasteiger partial charge in [-0.05, 0) is 23.6 Å². The predicted molar refractivity (Wildman–Crippen MR) is 102 cm³/mol. The molecule has 2 aromatic heterocycles. The smallest absolute Gasteiger partial charge is 0.245 e. The number of pyridine rings is 1. The second-order valence-corrected chi connectivity index (χ2v) is 8.71. The van der Waals surface area contributed by atoms with Gasteiger partial charge >= 0.3 is 0 Å². The molecule has 1 aliphatic heterocycles. The van der Waals surface area contributed by atoms with Crippen LogP contribution >= 0.6 is 22.9 Å². The topological polar surface area (TPSA) is 99.7 Å². The first-order valence-electron chi connectivity index (χ1n) is 8.03. The number of hydrogen-bond donors (Lipinski definition) is 1. The molecule has 0 aromatic carbocycles. The van der Waals surface area contributed by atoms with E-state index in [1.54, 1.807) is 23.6 Å². The Bertz CT molecular complexity index is 906. The van der Waals surface area contributed by atoms with E-state index in [1.807, 2.05) is 0 Å². The van der Waals surface area contributed by atoms with Gasteiger partial charge in [0.2, 0.25) is 21.8 Å². The summed E-state index contributed by atoms with van der Waals surface area (Å²) < 4.78 is 27.1. The van der Waals surface area contributed by atoms with Crippen molar-refractivity contribution >= 4 is 50.6 Å². The summed E-state index contributed by atoms with van der Waals surface area (Å²) in [5.41, 5.74) is 0. The zero-order chi connectivity index (χ0) is 19.4. The fourth-order valence-electron chi connectivity index (χ4n) is 2.76. The number of carbonyl (C=O) groups is 2. The Balaban J connectivity index is 1.89. The minimum absolute atomic E-state index is 0.00110. The van der Waals surface area contributed by atoms with Crippen molar-refractivity contribution in [2.24, 2.45) is 0 Å². The van der Waals surface area contributed by atoms with Gasteiger partial charge in [-0.1, -0.05) is 6.07 Å². The molecule has 8 nitrogen and oxygen atoms in total. The van der Waals surface area contributed by atoms with Gasteiger partial charge in [-0.25, -0.2) is 13.4 Å². The van der Waals surface area contributed by atoms with Crippen LogP contribution in [0.4, 0.5) is 5.82 Å². The summed E-state index contributed by atoms with van der Waals surface area (Å²) in [6.45, 7) is 0.0942. The first-order valence-corrected chi connectivity index (χ1v) is 10.9. The fourth-order valence-corrected chi connectivity index (χ4v) is 5.51. The van der Waals surface area contributed by atoms with Crippen LogP contribution in [-0.4, -0.2) is 66.0 Å². The fraction of sp³-hybridized carbons (Fsp3) is 0.312. The van der Waals surface area contributed by atoms with Gasteiger partial charge in [-0.15, -0.1) is 11.6 Å². The minimum Gasteiger partial charge on any atom is -0.338 e. The van der Waals surface area contributed by atoms with Gasteiger partial charge in [0.25, 0.3) is 0 Å². The number of anilines is 1. The monoisotopic (exact) mass is 428 g/mol. The lowest BCUT2D eigenvalue weighted by molar-refractivity contribution is -0.132. The van der Waals surface area contributed by atoms with Gasteiger partial charge in [0, 0.05) is 31.2 Å². The van der Waals surface area contributed by atoms with Crippen LogP contribution in [0.2, 0.25) is 0 Å². The van der Waals surface area contributed by atoms with Gasteiger partial charge < -0.3 is 10.2 Å². The average Bonchev–Trinajstić information content (AvgIpc) is 3.23. The molecular weight excluding hydrogens is 412 g/mol. The number of sulfonamides is 1. The third-order valence-corrected chi connectivity index (χ3v) is 7.08. The van der Waals surface area contributed by atoms with E-state index in [9.17, 15) is 18.0 Å².